The second kappa shape index (κ2) is 6.36. The van der Waals surface area contributed by atoms with Gasteiger partial charge in [-0.05, 0) is 12.5 Å². The van der Waals surface area contributed by atoms with Crippen LogP contribution in [-0.4, -0.2) is 36.8 Å². The van der Waals surface area contributed by atoms with Crippen LogP contribution in [0.15, 0.2) is 41.5 Å². The molecular formula is C14H15F3N2O. The van der Waals surface area contributed by atoms with Crippen LogP contribution in [0.2, 0.25) is 0 Å². The molecule has 0 radical (unpaired) electrons. The summed E-state index contributed by atoms with van der Waals surface area (Å²) < 4.78 is 39.1. The average molecular weight is 284 g/mol. The maximum absolute atomic E-state index is 13.0. The van der Waals surface area contributed by atoms with E-state index in [0.717, 1.165) is 0 Å². The summed E-state index contributed by atoms with van der Waals surface area (Å²) in [6.07, 6.45) is -4.02. The van der Waals surface area contributed by atoms with E-state index in [2.05, 4.69) is 5.10 Å². The van der Waals surface area contributed by atoms with Crippen LogP contribution < -0.4 is 0 Å². The minimum atomic E-state index is -4.60. The van der Waals surface area contributed by atoms with Crippen molar-refractivity contribution in [2.45, 2.75) is 13.1 Å². The standard InChI is InChI=1S/C14H15F3N2O/c1-10(18-19(2)3)13(20)9-12(14(15,16)17)11-7-5-4-6-8-11/h4-9H,1-3H3/b12-9-,18-10+. The van der Waals surface area contributed by atoms with E-state index in [-0.39, 0.29) is 11.3 Å². The van der Waals surface area contributed by atoms with Crippen LogP contribution >= 0.6 is 0 Å². The number of hydrogen-bond donors (Lipinski definition) is 0. The third-order valence-corrected chi connectivity index (χ3v) is 2.37. The zero-order chi connectivity index (χ0) is 15.3. The first-order chi connectivity index (χ1) is 9.21. The van der Waals surface area contributed by atoms with E-state index in [1.807, 2.05) is 0 Å². The normalized spacial score (nSPS) is 13.3. The zero-order valence-electron chi connectivity index (χ0n) is 11.4. The number of carbonyl (C=O) groups excluding carboxylic acids is 1. The highest BCUT2D eigenvalue weighted by atomic mass is 19.4. The quantitative estimate of drug-likeness (QED) is 0.483. The molecule has 0 unspecified atom stereocenters. The smallest absolute Gasteiger partial charge is 0.303 e. The first-order valence-corrected chi connectivity index (χ1v) is 5.83. The van der Waals surface area contributed by atoms with Crippen molar-refractivity contribution in [1.29, 1.82) is 0 Å². The molecule has 108 valence electrons. The number of hydrogen-bond acceptors (Lipinski definition) is 3. The number of rotatable bonds is 4. The zero-order valence-corrected chi connectivity index (χ0v) is 11.4. The van der Waals surface area contributed by atoms with Gasteiger partial charge in [0.25, 0.3) is 0 Å². The van der Waals surface area contributed by atoms with Gasteiger partial charge in [-0.25, -0.2) is 0 Å². The van der Waals surface area contributed by atoms with Crippen molar-refractivity contribution in [2.75, 3.05) is 14.1 Å². The van der Waals surface area contributed by atoms with E-state index in [9.17, 15) is 18.0 Å². The Hall–Kier alpha value is -2.11. The molecule has 6 heteroatoms. The van der Waals surface area contributed by atoms with E-state index < -0.39 is 17.5 Å². The van der Waals surface area contributed by atoms with Crippen LogP contribution in [0, 0.1) is 0 Å². The Kier molecular flexibility index (Phi) is 5.07. The molecule has 20 heavy (non-hydrogen) atoms. The molecule has 0 aliphatic carbocycles. The molecule has 0 bridgehead atoms. The van der Waals surface area contributed by atoms with Gasteiger partial charge < -0.3 is 5.01 Å². The largest absolute Gasteiger partial charge is 0.417 e. The van der Waals surface area contributed by atoms with Crippen LogP contribution in [-0.2, 0) is 4.79 Å². The molecule has 0 heterocycles. The summed E-state index contributed by atoms with van der Waals surface area (Å²) in [7, 11) is 3.17. The van der Waals surface area contributed by atoms with Crippen molar-refractivity contribution < 1.29 is 18.0 Å². The molecule has 0 aliphatic heterocycles. The van der Waals surface area contributed by atoms with E-state index in [1.165, 1.54) is 36.2 Å². The fraction of sp³-hybridized carbons (Fsp3) is 0.286. The van der Waals surface area contributed by atoms with Crippen LogP contribution in [0.3, 0.4) is 0 Å². The van der Waals surface area contributed by atoms with Gasteiger partial charge in [0.15, 0.2) is 0 Å². The summed E-state index contributed by atoms with van der Waals surface area (Å²) in [5.41, 5.74) is -1.03. The number of carbonyl (C=O) groups is 1. The molecular weight excluding hydrogens is 269 g/mol. The molecule has 0 saturated carbocycles. The van der Waals surface area contributed by atoms with Crippen molar-refractivity contribution in [3.8, 4) is 0 Å². The number of hydrazone groups is 1. The van der Waals surface area contributed by atoms with Gasteiger partial charge >= 0.3 is 6.18 Å². The maximum atomic E-state index is 13.0. The van der Waals surface area contributed by atoms with Crippen LogP contribution in [0.4, 0.5) is 13.2 Å². The number of halogens is 3. The van der Waals surface area contributed by atoms with Crippen molar-refractivity contribution in [3.63, 3.8) is 0 Å². The molecule has 0 aromatic heterocycles. The van der Waals surface area contributed by atoms with Gasteiger partial charge in [-0.2, -0.15) is 18.3 Å². The molecule has 0 saturated heterocycles. The second-order valence-corrected chi connectivity index (χ2v) is 4.32. The molecule has 0 aliphatic rings. The molecule has 0 atom stereocenters. The number of alkyl halides is 3. The highest BCUT2D eigenvalue weighted by molar-refractivity contribution is 6.44. The molecule has 3 nitrogen and oxygen atoms in total. The predicted molar refractivity (Wildman–Crippen MR) is 72.3 cm³/mol. The van der Waals surface area contributed by atoms with E-state index in [0.29, 0.717) is 6.08 Å². The Morgan fingerprint density at radius 2 is 1.75 bits per heavy atom. The van der Waals surface area contributed by atoms with Gasteiger partial charge in [-0.3, -0.25) is 4.79 Å². The van der Waals surface area contributed by atoms with Gasteiger partial charge in [0.1, 0.15) is 5.71 Å². The lowest BCUT2D eigenvalue weighted by atomic mass is 10.0. The Labute approximate surface area is 115 Å². The topological polar surface area (TPSA) is 32.7 Å². The van der Waals surface area contributed by atoms with Gasteiger partial charge in [0, 0.05) is 20.2 Å². The molecule has 1 aromatic carbocycles. The SMILES string of the molecule is C/C(=N\N(C)C)C(=O)/C=C(/c1ccccc1)C(F)(F)F. The fourth-order valence-electron chi connectivity index (χ4n) is 1.53. The van der Waals surface area contributed by atoms with Gasteiger partial charge in [-0.1, -0.05) is 30.3 Å². The Morgan fingerprint density at radius 1 is 1.20 bits per heavy atom. The lowest BCUT2D eigenvalue weighted by molar-refractivity contribution is -0.109. The highest BCUT2D eigenvalue weighted by Crippen LogP contribution is 2.33. The van der Waals surface area contributed by atoms with Crippen LogP contribution in [0.25, 0.3) is 5.57 Å². The monoisotopic (exact) mass is 284 g/mol. The highest BCUT2D eigenvalue weighted by Gasteiger charge is 2.35. The number of ketones is 1. The molecule has 0 N–H and O–H groups in total. The van der Waals surface area contributed by atoms with Crippen LogP contribution in [0.1, 0.15) is 12.5 Å². The van der Waals surface area contributed by atoms with Gasteiger partial charge in [-0.15, -0.1) is 0 Å². The average Bonchev–Trinajstić information content (AvgIpc) is 2.34. The number of allylic oxidation sites excluding steroid dienone is 2. The van der Waals surface area contributed by atoms with Crippen molar-refractivity contribution in [2.24, 2.45) is 5.10 Å². The minimum absolute atomic E-state index is 0.00678. The minimum Gasteiger partial charge on any atom is -0.303 e. The fourth-order valence-corrected chi connectivity index (χ4v) is 1.53. The van der Waals surface area contributed by atoms with E-state index in [4.69, 9.17) is 0 Å². The molecule has 1 rings (SSSR count). The van der Waals surface area contributed by atoms with E-state index in [1.54, 1.807) is 20.2 Å². The Bertz CT molecular complexity index is 531. The Morgan fingerprint density at radius 3 is 2.20 bits per heavy atom. The summed E-state index contributed by atoms with van der Waals surface area (Å²) in [6.45, 7) is 1.37. The molecule has 0 spiro atoms. The lowest BCUT2D eigenvalue weighted by Crippen LogP contribution is -2.17. The lowest BCUT2D eigenvalue weighted by Gasteiger charge is -2.12. The van der Waals surface area contributed by atoms with Crippen LogP contribution in [0.5, 0.6) is 0 Å². The maximum Gasteiger partial charge on any atom is 0.417 e. The van der Waals surface area contributed by atoms with Gasteiger partial charge in [0.2, 0.25) is 5.78 Å². The van der Waals surface area contributed by atoms with Crippen molar-refractivity contribution in [3.05, 3.63) is 42.0 Å². The first kappa shape index (κ1) is 15.9. The summed E-state index contributed by atoms with van der Waals surface area (Å²) in [4.78, 5) is 11.8. The third kappa shape index (κ3) is 4.53. The first-order valence-electron chi connectivity index (χ1n) is 5.83. The summed E-state index contributed by atoms with van der Waals surface area (Å²) in [5, 5.41) is 5.15. The summed E-state index contributed by atoms with van der Waals surface area (Å²) in [5.74, 6) is -0.769. The van der Waals surface area contributed by atoms with Crippen molar-refractivity contribution >= 4 is 17.1 Å². The van der Waals surface area contributed by atoms with E-state index >= 15 is 0 Å². The van der Waals surface area contributed by atoms with Gasteiger partial charge in [0.05, 0.1) is 5.57 Å². The summed E-state index contributed by atoms with van der Waals surface area (Å²) in [6, 6.07) is 7.20. The second-order valence-electron chi connectivity index (χ2n) is 4.32. The molecule has 0 amide bonds. The van der Waals surface area contributed by atoms with Crippen molar-refractivity contribution in [1.82, 2.24) is 5.01 Å². The Balaban J connectivity index is 3.20. The molecule has 0 fully saturated rings. The predicted octanol–water partition coefficient (Wildman–Crippen LogP) is 3.14. The molecule has 1 aromatic rings. The third-order valence-electron chi connectivity index (χ3n) is 2.37. The number of nitrogens with zero attached hydrogens (tertiary/aromatic N) is 2. The summed E-state index contributed by atoms with van der Waals surface area (Å²) >= 11 is 0. The number of benzene rings is 1.